The highest BCUT2D eigenvalue weighted by atomic mass is 19.4. The van der Waals surface area contributed by atoms with Gasteiger partial charge in [0.2, 0.25) is 5.91 Å². The van der Waals surface area contributed by atoms with Crippen LogP contribution in [-0.4, -0.2) is 32.2 Å². The molecule has 1 atom stereocenters. The third-order valence-corrected chi connectivity index (χ3v) is 5.09. The number of benzene rings is 2. The van der Waals surface area contributed by atoms with Gasteiger partial charge in [0.1, 0.15) is 5.75 Å². The van der Waals surface area contributed by atoms with Crippen molar-refractivity contribution in [3.05, 3.63) is 58.9 Å². The van der Waals surface area contributed by atoms with Crippen molar-refractivity contribution in [1.29, 1.82) is 0 Å². The standard InChI is InChI=1S/C22H24F4N2O3/c1-30-19-12-20(31-10-8-14-4-6-16(7-5-14)22(24,25)26)17(23)11-15(19)13-28-21(29)18-3-2-9-27-18/h4-7,11-12,18,27H,2-3,8-10,13H2,1H3,(H,28,29)/t18-/m0/s1. The second-order valence-electron chi connectivity index (χ2n) is 7.25. The van der Waals surface area contributed by atoms with E-state index in [2.05, 4.69) is 10.6 Å². The third-order valence-electron chi connectivity index (χ3n) is 5.09. The summed E-state index contributed by atoms with van der Waals surface area (Å²) in [6.07, 6.45) is -2.37. The molecular formula is C22H24F4N2O3. The van der Waals surface area contributed by atoms with Crippen molar-refractivity contribution in [2.45, 2.75) is 38.0 Å². The van der Waals surface area contributed by atoms with Gasteiger partial charge in [0, 0.05) is 24.6 Å². The van der Waals surface area contributed by atoms with E-state index >= 15 is 0 Å². The highest BCUT2D eigenvalue weighted by Gasteiger charge is 2.29. The summed E-state index contributed by atoms with van der Waals surface area (Å²) in [6, 6.07) is 7.16. The Kier molecular flexibility index (Phi) is 7.37. The lowest BCUT2D eigenvalue weighted by atomic mass is 10.1. The number of carbonyl (C=O) groups excluding carboxylic acids is 1. The van der Waals surface area contributed by atoms with Crippen LogP contribution in [0.5, 0.6) is 11.5 Å². The maximum absolute atomic E-state index is 14.5. The molecule has 1 fully saturated rings. The summed E-state index contributed by atoms with van der Waals surface area (Å²) in [4.78, 5) is 12.1. The molecular weight excluding hydrogens is 416 g/mol. The molecule has 2 aromatic carbocycles. The number of carbonyl (C=O) groups is 1. The molecule has 1 aliphatic heterocycles. The molecule has 0 unspecified atom stereocenters. The van der Waals surface area contributed by atoms with Gasteiger partial charge in [0.15, 0.2) is 11.6 Å². The van der Waals surface area contributed by atoms with E-state index in [0.29, 0.717) is 23.3 Å². The van der Waals surface area contributed by atoms with Crippen LogP contribution in [0.4, 0.5) is 17.6 Å². The number of amides is 1. The summed E-state index contributed by atoms with van der Waals surface area (Å²) < 4.78 is 63.1. The van der Waals surface area contributed by atoms with Crippen LogP contribution < -0.4 is 20.1 Å². The minimum Gasteiger partial charge on any atom is -0.496 e. The number of halogens is 4. The minimum atomic E-state index is -4.39. The second-order valence-corrected chi connectivity index (χ2v) is 7.25. The average molecular weight is 440 g/mol. The molecule has 2 aromatic rings. The van der Waals surface area contributed by atoms with Crippen molar-refractivity contribution >= 4 is 5.91 Å². The van der Waals surface area contributed by atoms with Crippen LogP contribution in [0.1, 0.15) is 29.5 Å². The summed E-state index contributed by atoms with van der Waals surface area (Å²) >= 11 is 0. The van der Waals surface area contributed by atoms with E-state index in [1.54, 1.807) is 0 Å². The van der Waals surface area contributed by atoms with Crippen molar-refractivity contribution < 1.29 is 31.8 Å². The predicted molar refractivity (Wildman–Crippen MR) is 106 cm³/mol. The molecule has 0 radical (unpaired) electrons. The molecule has 0 bridgehead atoms. The zero-order valence-electron chi connectivity index (χ0n) is 17.0. The summed E-state index contributed by atoms with van der Waals surface area (Å²) in [5, 5.41) is 5.87. The second kappa shape index (κ2) is 10.00. The first-order valence-electron chi connectivity index (χ1n) is 9.94. The van der Waals surface area contributed by atoms with Crippen LogP contribution in [0.25, 0.3) is 0 Å². The van der Waals surface area contributed by atoms with E-state index in [9.17, 15) is 22.4 Å². The minimum absolute atomic E-state index is 0.0312. The van der Waals surface area contributed by atoms with Crippen molar-refractivity contribution in [1.82, 2.24) is 10.6 Å². The van der Waals surface area contributed by atoms with E-state index in [1.165, 1.54) is 31.4 Å². The molecule has 0 spiro atoms. The molecule has 168 valence electrons. The Labute approximate surface area is 177 Å². The van der Waals surface area contributed by atoms with E-state index < -0.39 is 17.6 Å². The van der Waals surface area contributed by atoms with E-state index in [4.69, 9.17) is 9.47 Å². The third kappa shape index (κ3) is 6.10. The maximum atomic E-state index is 14.5. The predicted octanol–water partition coefficient (Wildman–Crippen LogP) is 3.84. The lowest BCUT2D eigenvalue weighted by Crippen LogP contribution is -2.40. The SMILES string of the molecule is COc1cc(OCCc2ccc(C(F)(F)F)cc2)c(F)cc1CNC(=O)[C@@H]1CCCN1. The summed E-state index contributed by atoms with van der Waals surface area (Å²) in [6.45, 7) is 0.992. The van der Waals surface area contributed by atoms with Crippen molar-refractivity contribution in [3.63, 3.8) is 0 Å². The largest absolute Gasteiger partial charge is 0.496 e. The summed E-state index contributed by atoms with van der Waals surface area (Å²) in [5.74, 6) is -0.421. The fourth-order valence-electron chi connectivity index (χ4n) is 3.37. The molecule has 9 heteroatoms. The smallest absolute Gasteiger partial charge is 0.416 e. The number of ether oxygens (including phenoxy) is 2. The zero-order chi connectivity index (χ0) is 22.4. The molecule has 0 aromatic heterocycles. The Balaban J connectivity index is 1.57. The van der Waals surface area contributed by atoms with Crippen molar-refractivity contribution in [2.24, 2.45) is 0 Å². The van der Waals surface area contributed by atoms with Crippen LogP contribution in [0.3, 0.4) is 0 Å². The maximum Gasteiger partial charge on any atom is 0.416 e. The van der Waals surface area contributed by atoms with Gasteiger partial charge in [-0.3, -0.25) is 4.79 Å². The van der Waals surface area contributed by atoms with Gasteiger partial charge in [-0.2, -0.15) is 13.2 Å². The summed E-state index contributed by atoms with van der Waals surface area (Å²) in [5.41, 5.74) is 0.390. The van der Waals surface area contributed by atoms with E-state index in [1.807, 2.05) is 0 Å². The van der Waals surface area contributed by atoms with Gasteiger partial charge in [0.25, 0.3) is 0 Å². The molecule has 1 amide bonds. The topological polar surface area (TPSA) is 59.6 Å². The number of nitrogens with one attached hydrogen (secondary N) is 2. The Morgan fingerprint density at radius 3 is 2.55 bits per heavy atom. The monoisotopic (exact) mass is 440 g/mol. The Bertz CT molecular complexity index is 895. The van der Waals surface area contributed by atoms with Gasteiger partial charge in [-0.05, 0) is 43.1 Å². The first-order valence-corrected chi connectivity index (χ1v) is 9.94. The molecule has 5 nitrogen and oxygen atoms in total. The lowest BCUT2D eigenvalue weighted by Gasteiger charge is -2.15. The highest BCUT2D eigenvalue weighted by molar-refractivity contribution is 5.82. The molecule has 31 heavy (non-hydrogen) atoms. The number of alkyl halides is 3. The number of rotatable bonds is 8. The molecule has 2 N–H and O–H groups in total. The normalized spacial score (nSPS) is 16.2. The molecule has 3 rings (SSSR count). The zero-order valence-corrected chi connectivity index (χ0v) is 17.0. The number of hydrogen-bond donors (Lipinski definition) is 2. The Morgan fingerprint density at radius 2 is 1.94 bits per heavy atom. The molecule has 0 saturated carbocycles. The fraction of sp³-hybridized carbons (Fsp3) is 0.409. The first-order chi connectivity index (χ1) is 14.8. The van der Waals surface area contributed by atoms with E-state index in [0.717, 1.165) is 31.5 Å². The van der Waals surface area contributed by atoms with Crippen LogP contribution in [0.15, 0.2) is 36.4 Å². The molecule has 1 aliphatic rings. The molecule has 1 saturated heterocycles. The molecule has 0 aliphatic carbocycles. The van der Waals surface area contributed by atoms with Gasteiger partial charge in [-0.15, -0.1) is 0 Å². The van der Waals surface area contributed by atoms with Crippen molar-refractivity contribution in [3.8, 4) is 11.5 Å². The van der Waals surface area contributed by atoms with Crippen LogP contribution in [-0.2, 0) is 23.9 Å². The van der Waals surface area contributed by atoms with E-state index in [-0.39, 0.29) is 30.9 Å². The van der Waals surface area contributed by atoms with Gasteiger partial charge in [0.05, 0.1) is 25.3 Å². The quantitative estimate of drug-likeness (QED) is 0.613. The van der Waals surface area contributed by atoms with Crippen LogP contribution in [0, 0.1) is 5.82 Å². The summed E-state index contributed by atoms with van der Waals surface area (Å²) in [7, 11) is 1.43. The number of hydrogen-bond acceptors (Lipinski definition) is 4. The lowest BCUT2D eigenvalue weighted by molar-refractivity contribution is -0.137. The fourth-order valence-corrected chi connectivity index (χ4v) is 3.37. The van der Waals surface area contributed by atoms with Gasteiger partial charge in [-0.25, -0.2) is 4.39 Å². The van der Waals surface area contributed by atoms with Crippen LogP contribution in [0.2, 0.25) is 0 Å². The highest BCUT2D eigenvalue weighted by Crippen LogP contribution is 2.30. The van der Waals surface area contributed by atoms with Crippen LogP contribution >= 0.6 is 0 Å². The Morgan fingerprint density at radius 1 is 1.19 bits per heavy atom. The van der Waals surface area contributed by atoms with Gasteiger partial charge >= 0.3 is 6.18 Å². The van der Waals surface area contributed by atoms with Gasteiger partial charge in [-0.1, -0.05) is 12.1 Å². The average Bonchev–Trinajstić information content (AvgIpc) is 3.28. The number of methoxy groups -OCH3 is 1. The first kappa shape index (κ1) is 22.9. The Hall–Kier alpha value is -2.81. The van der Waals surface area contributed by atoms with Gasteiger partial charge < -0.3 is 20.1 Å². The van der Waals surface area contributed by atoms with Crippen molar-refractivity contribution in [2.75, 3.05) is 20.3 Å². The molecule has 1 heterocycles.